The van der Waals surface area contributed by atoms with Gasteiger partial charge in [-0.1, -0.05) is 18.5 Å². The van der Waals surface area contributed by atoms with Gasteiger partial charge in [0.2, 0.25) is 0 Å². The quantitative estimate of drug-likeness (QED) is 0.924. The Hall–Kier alpha value is -0.580. The molecule has 0 spiro atoms. The molecule has 4 nitrogen and oxygen atoms in total. The minimum absolute atomic E-state index is 0.500. The molecule has 5 heteroatoms. The van der Waals surface area contributed by atoms with Gasteiger partial charge in [0.1, 0.15) is 0 Å². The van der Waals surface area contributed by atoms with E-state index in [0.29, 0.717) is 0 Å². The van der Waals surface area contributed by atoms with Crippen molar-refractivity contribution in [2.24, 2.45) is 0 Å². The van der Waals surface area contributed by atoms with Gasteiger partial charge in [-0.2, -0.15) is 5.10 Å². The molecule has 0 radical (unpaired) electrons. The number of aliphatic hydroxyl groups is 1. The maximum atomic E-state index is 9.99. The number of hydrogen-bond donors (Lipinski definition) is 1. The topological polar surface area (TPSA) is 41.3 Å². The van der Waals surface area contributed by atoms with Crippen LogP contribution in [0.5, 0.6) is 0 Å². The number of likely N-dealkylation sites (tertiary alicyclic amines) is 1. The van der Waals surface area contributed by atoms with Crippen LogP contribution in [-0.4, -0.2) is 38.5 Å². The summed E-state index contributed by atoms with van der Waals surface area (Å²) in [5.41, 5.74) is 1.60. The van der Waals surface area contributed by atoms with Gasteiger partial charge in [-0.15, -0.1) is 0 Å². The Bertz CT molecular complexity index is 432. The molecule has 0 atom stereocenters. The van der Waals surface area contributed by atoms with Crippen molar-refractivity contribution in [2.45, 2.75) is 58.7 Å². The predicted octanol–water partition coefficient (Wildman–Crippen LogP) is 2.47. The fraction of sp³-hybridized carbons (Fsp3) is 0.786. The maximum Gasteiger partial charge on any atom is 0.0863 e. The molecule has 1 aliphatic rings. The van der Waals surface area contributed by atoms with Gasteiger partial charge in [0, 0.05) is 26.2 Å². The summed E-state index contributed by atoms with van der Waals surface area (Å²) in [5, 5.41) is 15.4. The number of halogens is 1. The van der Waals surface area contributed by atoms with Crippen LogP contribution in [0.15, 0.2) is 0 Å². The summed E-state index contributed by atoms with van der Waals surface area (Å²) in [4.78, 5) is 2.35. The van der Waals surface area contributed by atoms with Gasteiger partial charge in [0.15, 0.2) is 0 Å². The monoisotopic (exact) mass is 285 g/mol. The number of nitrogens with zero attached hydrogens (tertiary/aromatic N) is 3. The van der Waals surface area contributed by atoms with Crippen LogP contribution in [0.1, 0.15) is 45.0 Å². The second kappa shape index (κ2) is 5.81. The van der Waals surface area contributed by atoms with Gasteiger partial charge >= 0.3 is 0 Å². The van der Waals surface area contributed by atoms with E-state index >= 15 is 0 Å². The molecule has 2 heterocycles. The van der Waals surface area contributed by atoms with Gasteiger partial charge in [0.25, 0.3) is 0 Å². The Balaban J connectivity index is 2.09. The van der Waals surface area contributed by atoms with Crippen LogP contribution in [-0.2, 0) is 19.5 Å². The molecule has 2 rings (SSSR count). The molecular formula is C14H24ClN3O. The van der Waals surface area contributed by atoms with Crippen molar-refractivity contribution in [1.82, 2.24) is 14.7 Å². The summed E-state index contributed by atoms with van der Waals surface area (Å²) in [7, 11) is 0. The lowest BCUT2D eigenvalue weighted by Gasteiger charge is -2.35. The SMILES string of the molecule is CCc1nn(CC)c(CN2CCC(C)(O)CC2)c1Cl. The Morgan fingerprint density at radius 3 is 2.47 bits per heavy atom. The number of hydrogen-bond acceptors (Lipinski definition) is 3. The highest BCUT2D eigenvalue weighted by Gasteiger charge is 2.28. The Labute approximate surface area is 120 Å². The standard InChI is InChI=1S/C14H24ClN3O/c1-4-11-13(15)12(18(5-2)16-11)10-17-8-6-14(3,19)7-9-17/h19H,4-10H2,1-3H3. The van der Waals surface area contributed by atoms with Crippen molar-refractivity contribution in [1.29, 1.82) is 0 Å². The molecule has 19 heavy (non-hydrogen) atoms. The summed E-state index contributed by atoms with van der Waals surface area (Å²) in [6.07, 6.45) is 2.52. The summed E-state index contributed by atoms with van der Waals surface area (Å²) in [6, 6.07) is 0. The molecule has 0 aromatic carbocycles. The average Bonchev–Trinajstić information content (AvgIpc) is 2.68. The zero-order valence-electron chi connectivity index (χ0n) is 12.1. The highest BCUT2D eigenvalue weighted by Crippen LogP contribution is 2.26. The van der Waals surface area contributed by atoms with E-state index in [0.717, 1.165) is 61.9 Å². The van der Waals surface area contributed by atoms with Crippen molar-refractivity contribution in [3.05, 3.63) is 16.4 Å². The second-order valence-electron chi connectivity index (χ2n) is 5.65. The molecular weight excluding hydrogens is 262 g/mol. The Kier molecular flexibility index (Phi) is 4.54. The largest absolute Gasteiger partial charge is 0.390 e. The van der Waals surface area contributed by atoms with Crippen LogP contribution >= 0.6 is 11.6 Å². The van der Waals surface area contributed by atoms with E-state index in [1.54, 1.807) is 0 Å². The van der Waals surface area contributed by atoms with E-state index in [-0.39, 0.29) is 0 Å². The van der Waals surface area contributed by atoms with Crippen molar-refractivity contribution in [2.75, 3.05) is 13.1 Å². The van der Waals surface area contributed by atoms with Crippen molar-refractivity contribution < 1.29 is 5.11 Å². The zero-order valence-corrected chi connectivity index (χ0v) is 12.9. The summed E-state index contributed by atoms with van der Waals surface area (Å²) in [5.74, 6) is 0. The number of aromatic nitrogens is 2. The molecule has 1 aromatic rings. The van der Waals surface area contributed by atoms with Crippen LogP contribution < -0.4 is 0 Å². The van der Waals surface area contributed by atoms with Crippen molar-refractivity contribution in [3.63, 3.8) is 0 Å². The molecule has 0 bridgehead atoms. The lowest BCUT2D eigenvalue weighted by atomic mass is 9.94. The van der Waals surface area contributed by atoms with Crippen molar-refractivity contribution >= 4 is 11.6 Å². The van der Waals surface area contributed by atoms with Crippen LogP contribution in [0.3, 0.4) is 0 Å². The molecule has 1 saturated heterocycles. The molecule has 0 aliphatic carbocycles. The molecule has 1 fully saturated rings. The number of rotatable bonds is 4. The van der Waals surface area contributed by atoms with Gasteiger partial charge in [-0.3, -0.25) is 9.58 Å². The number of aryl methyl sites for hydroxylation is 2. The Morgan fingerprint density at radius 1 is 1.32 bits per heavy atom. The third-order valence-corrected chi connectivity index (χ3v) is 4.44. The molecule has 0 saturated carbocycles. The second-order valence-corrected chi connectivity index (χ2v) is 6.03. The van der Waals surface area contributed by atoms with E-state index in [1.165, 1.54) is 0 Å². The lowest BCUT2D eigenvalue weighted by molar-refractivity contribution is -0.00783. The molecule has 108 valence electrons. The van der Waals surface area contributed by atoms with E-state index < -0.39 is 5.60 Å². The third kappa shape index (κ3) is 3.30. The van der Waals surface area contributed by atoms with Gasteiger partial charge < -0.3 is 5.11 Å². The van der Waals surface area contributed by atoms with E-state index in [4.69, 9.17) is 11.6 Å². The van der Waals surface area contributed by atoms with E-state index in [1.807, 2.05) is 11.6 Å². The zero-order chi connectivity index (χ0) is 14.0. The lowest BCUT2D eigenvalue weighted by Crippen LogP contribution is -2.42. The third-order valence-electron chi connectivity index (χ3n) is 4.00. The minimum atomic E-state index is -0.500. The van der Waals surface area contributed by atoms with Gasteiger partial charge in [0.05, 0.1) is 22.0 Å². The van der Waals surface area contributed by atoms with Crippen LogP contribution in [0.4, 0.5) is 0 Å². The van der Waals surface area contributed by atoms with E-state index in [2.05, 4.69) is 23.8 Å². The first-order valence-electron chi connectivity index (χ1n) is 7.15. The molecule has 0 amide bonds. The first-order chi connectivity index (χ1) is 8.96. The fourth-order valence-corrected chi connectivity index (χ4v) is 2.90. The highest BCUT2D eigenvalue weighted by atomic mass is 35.5. The fourth-order valence-electron chi connectivity index (χ4n) is 2.57. The molecule has 1 aromatic heterocycles. The predicted molar refractivity (Wildman–Crippen MR) is 77.4 cm³/mol. The molecule has 0 unspecified atom stereocenters. The highest BCUT2D eigenvalue weighted by molar-refractivity contribution is 6.31. The first kappa shape index (κ1) is 14.8. The first-order valence-corrected chi connectivity index (χ1v) is 7.53. The van der Waals surface area contributed by atoms with Crippen LogP contribution in [0, 0.1) is 0 Å². The minimum Gasteiger partial charge on any atom is -0.390 e. The smallest absolute Gasteiger partial charge is 0.0863 e. The summed E-state index contributed by atoms with van der Waals surface area (Å²) < 4.78 is 2.01. The summed E-state index contributed by atoms with van der Waals surface area (Å²) in [6.45, 7) is 9.60. The normalized spacial score (nSPS) is 19.8. The maximum absolute atomic E-state index is 9.99. The molecule has 1 aliphatic heterocycles. The van der Waals surface area contributed by atoms with Crippen LogP contribution in [0.25, 0.3) is 0 Å². The number of piperidine rings is 1. The average molecular weight is 286 g/mol. The summed E-state index contributed by atoms with van der Waals surface area (Å²) >= 11 is 6.42. The molecule has 1 N–H and O–H groups in total. The van der Waals surface area contributed by atoms with Crippen molar-refractivity contribution in [3.8, 4) is 0 Å². The van der Waals surface area contributed by atoms with Crippen LogP contribution in [0.2, 0.25) is 5.02 Å². The Morgan fingerprint density at radius 2 is 1.95 bits per heavy atom. The van der Waals surface area contributed by atoms with Gasteiger partial charge in [-0.25, -0.2) is 0 Å². The van der Waals surface area contributed by atoms with E-state index in [9.17, 15) is 5.11 Å². The van der Waals surface area contributed by atoms with Gasteiger partial charge in [-0.05, 0) is 33.1 Å².